The number of fused-ring (bicyclic) bond motifs is 3. The topological polar surface area (TPSA) is 25.8 Å². The molecule has 0 bridgehead atoms. The second kappa shape index (κ2) is 14.7. The van der Waals surface area contributed by atoms with Crippen molar-refractivity contribution >= 4 is 21.8 Å². The highest BCUT2D eigenvalue weighted by molar-refractivity contribution is 6.13. The zero-order chi connectivity index (χ0) is 40.0. The lowest BCUT2D eigenvalue weighted by Crippen LogP contribution is -2.10. The smallest absolute Gasteiger partial charge is 0.0978 e. The first-order valence-electron chi connectivity index (χ1n) is 20.3. The van der Waals surface area contributed by atoms with E-state index in [2.05, 4.69) is 224 Å². The molecule has 0 unspecified atom stereocenters. The van der Waals surface area contributed by atoms with E-state index >= 15 is 0 Å². The van der Waals surface area contributed by atoms with E-state index in [0.29, 0.717) is 0 Å². The number of rotatable bonds is 6. The van der Waals surface area contributed by atoms with E-state index in [1.54, 1.807) is 0 Å². The zero-order valence-electron chi connectivity index (χ0n) is 34.2. The standard InChI is InChI=1S/C56H48N2/c1-55(2,3)45-29-25-41(26-30-45)49-35-51(43-21-17-39(18-22-43)37-13-9-7-10-14-37)57-53-47(49)33-34-48-50(42-27-31-46(32-28-42)56(4,5)6)36-52(58-54(48)53)44-23-19-40(20-24-44)38-15-11-8-12-16-38/h7-36H,1-6H3. The van der Waals surface area contributed by atoms with E-state index in [1.165, 1.54) is 33.4 Å². The molecule has 0 radical (unpaired) electrons. The van der Waals surface area contributed by atoms with Gasteiger partial charge in [0.15, 0.2) is 0 Å². The van der Waals surface area contributed by atoms with Gasteiger partial charge in [0, 0.05) is 21.9 Å². The average Bonchev–Trinajstić information content (AvgIpc) is 3.26. The molecule has 9 aromatic rings. The Bertz CT molecular complexity index is 2670. The van der Waals surface area contributed by atoms with Gasteiger partial charge in [0.05, 0.1) is 22.4 Å². The second-order valence-corrected chi connectivity index (χ2v) is 17.5. The van der Waals surface area contributed by atoms with E-state index in [0.717, 1.165) is 66.6 Å². The minimum atomic E-state index is 0.0573. The van der Waals surface area contributed by atoms with E-state index in [1.807, 2.05) is 0 Å². The van der Waals surface area contributed by atoms with Crippen LogP contribution in [0.5, 0.6) is 0 Å². The maximum Gasteiger partial charge on any atom is 0.0978 e. The molecule has 9 rings (SSSR count). The first-order valence-corrected chi connectivity index (χ1v) is 20.3. The summed E-state index contributed by atoms with van der Waals surface area (Å²) in [6.45, 7) is 13.6. The maximum atomic E-state index is 5.53. The Balaban J connectivity index is 1.29. The van der Waals surface area contributed by atoms with Gasteiger partial charge >= 0.3 is 0 Å². The van der Waals surface area contributed by atoms with Gasteiger partial charge in [0.2, 0.25) is 0 Å². The van der Waals surface area contributed by atoms with Crippen LogP contribution in [0.15, 0.2) is 182 Å². The van der Waals surface area contributed by atoms with Gasteiger partial charge in [-0.3, -0.25) is 0 Å². The summed E-state index contributed by atoms with van der Waals surface area (Å²) in [6.07, 6.45) is 0. The Hall–Kier alpha value is -6.64. The van der Waals surface area contributed by atoms with Crippen LogP contribution in [-0.4, -0.2) is 9.97 Å². The number of nitrogens with zero attached hydrogens (tertiary/aromatic N) is 2. The number of aromatic nitrogens is 2. The summed E-state index contributed by atoms with van der Waals surface area (Å²) in [6, 6.07) is 65.8. The van der Waals surface area contributed by atoms with Crippen LogP contribution >= 0.6 is 0 Å². The van der Waals surface area contributed by atoms with Crippen molar-refractivity contribution in [1.82, 2.24) is 9.97 Å². The van der Waals surface area contributed by atoms with Crippen LogP contribution in [-0.2, 0) is 10.8 Å². The third kappa shape index (κ3) is 7.23. The molecule has 58 heavy (non-hydrogen) atoms. The van der Waals surface area contributed by atoms with Crippen LogP contribution < -0.4 is 0 Å². The van der Waals surface area contributed by atoms with Crippen LogP contribution in [0.4, 0.5) is 0 Å². The number of pyridine rings is 2. The number of benzene rings is 7. The minimum Gasteiger partial charge on any atom is -0.245 e. The third-order valence-corrected chi connectivity index (χ3v) is 11.5. The normalized spacial score (nSPS) is 12.0. The van der Waals surface area contributed by atoms with E-state index in [4.69, 9.17) is 9.97 Å². The summed E-state index contributed by atoms with van der Waals surface area (Å²) in [5.74, 6) is 0. The molecule has 0 aliphatic rings. The fourth-order valence-electron chi connectivity index (χ4n) is 7.98. The van der Waals surface area contributed by atoms with Crippen molar-refractivity contribution in [2.24, 2.45) is 0 Å². The van der Waals surface area contributed by atoms with Crippen molar-refractivity contribution in [2.75, 3.05) is 0 Å². The number of hydrogen-bond acceptors (Lipinski definition) is 2. The monoisotopic (exact) mass is 748 g/mol. The molecule has 0 spiro atoms. The lowest BCUT2D eigenvalue weighted by Gasteiger charge is -2.20. The molecule has 2 heteroatoms. The van der Waals surface area contributed by atoms with Crippen molar-refractivity contribution in [2.45, 2.75) is 52.4 Å². The van der Waals surface area contributed by atoms with Crippen LogP contribution in [0, 0.1) is 0 Å². The van der Waals surface area contributed by atoms with Crippen molar-refractivity contribution in [3.8, 4) is 67.0 Å². The van der Waals surface area contributed by atoms with Crippen LogP contribution in [0.3, 0.4) is 0 Å². The Morgan fingerprint density at radius 2 is 0.586 bits per heavy atom. The molecule has 0 saturated heterocycles. The van der Waals surface area contributed by atoms with Crippen molar-refractivity contribution in [3.05, 3.63) is 193 Å². The molecule has 0 aliphatic heterocycles. The fraction of sp³-hybridized carbons (Fsp3) is 0.143. The van der Waals surface area contributed by atoms with Crippen molar-refractivity contribution < 1.29 is 0 Å². The van der Waals surface area contributed by atoms with E-state index in [9.17, 15) is 0 Å². The van der Waals surface area contributed by atoms with Crippen molar-refractivity contribution in [3.63, 3.8) is 0 Å². The van der Waals surface area contributed by atoms with Crippen molar-refractivity contribution in [1.29, 1.82) is 0 Å². The van der Waals surface area contributed by atoms with Gasteiger partial charge in [-0.05, 0) is 78.6 Å². The molecule has 282 valence electrons. The molecular formula is C56H48N2. The second-order valence-electron chi connectivity index (χ2n) is 17.5. The average molecular weight is 749 g/mol. The van der Waals surface area contributed by atoms with Gasteiger partial charge in [0.25, 0.3) is 0 Å². The Morgan fingerprint density at radius 1 is 0.293 bits per heavy atom. The molecule has 0 saturated carbocycles. The predicted molar refractivity (Wildman–Crippen MR) is 247 cm³/mol. The minimum absolute atomic E-state index is 0.0573. The van der Waals surface area contributed by atoms with Crippen LogP contribution in [0.25, 0.3) is 88.8 Å². The molecule has 2 aromatic heterocycles. The summed E-state index contributed by atoms with van der Waals surface area (Å²) in [5.41, 5.74) is 17.9. The summed E-state index contributed by atoms with van der Waals surface area (Å²) in [7, 11) is 0. The molecule has 7 aromatic carbocycles. The van der Waals surface area contributed by atoms with E-state index in [-0.39, 0.29) is 10.8 Å². The maximum absolute atomic E-state index is 5.53. The Morgan fingerprint density at radius 3 is 0.914 bits per heavy atom. The summed E-state index contributed by atoms with van der Waals surface area (Å²) < 4.78 is 0. The van der Waals surface area contributed by atoms with Crippen LogP contribution in [0.1, 0.15) is 52.7 Å². The summed E-state index contributed by atoms with van der Waals surface area (Å²) in [5, 5.41) is 2.16. The Labute approximate surface area is 342 Å². The first-order chi connectivity index (χ1) is 28.0. The molecule has 0 atom stereocenters. The first kappa shape index (κ1) is 37.0. The molecule has 0 fully saturated rings. The van der Waals surface area contributed by atoms with Gasteiger partial charge in [-0.15, -0.1) is 0 Å². The third-order valence-electron chi connectivity index (χ3n) is 11.5. The molecule has 0 aliphatic carbocycles. The lowest BCUT2D eigenvalue weighted by molar-refractivity contribution is 0.590. The number of hydrogen-bond donors (Lipinski definition) is 0. The fourth-order valence-corrected chi connectivity index (χ4v) is 7.98. The van der Waals surface area contributed by atoms with Gasteiger partial charge < -0.3 is 0 Å². The van der Waals surface area contributed by atoms with Gasteiger partial charge in [-0.25, -0.2) is 9.97 Å². The van der Waals surface area contributed by atoms with Gasteiger partial charge in [0.1, 0.15) is 0 Å². The quantitative estimate of drug-likeness (QED) is 0.158. The predicted octanol–water partition coefficient (Wildman–Crippen LogP) is 15.4. The molecule has 2 nitrogen and oxygen atoms in total. The molecule has 0 amide bonds. The zero-order valence-corrected chi connectivity index (χ0v) is 34.2. The van der Waals surface area contributed by atoms with Gasteiger partial charge in [-0.2, -0.15) is 0 Å². The SMILES string of the molecule is CC(C)(C)c1ccc(-c2cc(-c3ccc(-c4ccccc4)cc3)nc3c2ccc2c(-c4ccc(C(C)(C)C)cc4)cc(-c4ccc(-c5ccccc5)cc4)nc23)cc1. The highest BCUT2D eigenvalue weighted by Gasteiger charge is 2.20. The summed E-state index contributed by atoms with van der Waals surface area (Å²) >= 11 is 0. The Kier molecular flexibility index (Phi) is 9.37. The lowest BCUT2D eigenvalue weighted by atomic mass is 9.85. The highest BCUT2D eigenvalue weighted by Crippen LogP contribution is 2.41. The molecule has 0 N–H and O–H groups in total. The highest BCUT2D eigenvalue weighted by atomic mass is 14.8. The molecule has 2 heterocycles. The largest absolute Gasteiger partial charge is 0.245 e. The van der Waals surface area contributed by atoms with Crippen LogP contribution in [0.2, 0.25) is 0 Å². The van der Waals surface area contributed by atoms with Gasteiger partial charge in [-0.1, -0.05) is 211 Å². The molecular weight excluding hydrogens is 701 g/mol. The summed E-state index contributed by atoms with van der Waals surface area (Å²) in [4.78, 5) is 11.1. The van der Waals surface area contributed by atoms with E-state index < -0.39 is 0 Å².